The fourth-order valence-corrected chi connectivity index (χ4v) is 4.07. The highest BCUT2D eigenvalue weighted by atomic mass is 16.5. The first kappa shape index (κ1) is 14.9. The van der Waals surface area contributed by atoms with E-state index in [1.165, 1.54) is 62.7 Å². The molecule has 1 aliphatic carbocycles. The van der Waals surface area contributed by atoms with Crippen LogP contribution in [0.25, 0.3) is 0 Å². The predicted octanol–water partition coefficient (Wildman–Crippen LogP) is 3.15. The molecular weight excluding hydrogens is 260 g/mol. The number of methoxy groups -OCH3 is 1. The van der Waals surface area contributed by atoms with E-state index in [-0.39, 0.29) is 0 Å². The second kappa shape index (κ2) is 6.80. The molecule has 0 saturated carbocycles. The highest BCUT2D eigenvalue weighted by Crippen LogP contribution is 2.35. The van der Waals surface area contributed by atoms with Crippen LogP contribution in [0.5, 0.6) is 5.75 Å². The third-order valence-corrected chi connectivity index (χ3v) is 5.20. The third kappa shape index (κ3) is 3.09. The number of rotatable bonds is 3. The second-order valence-corrected chi connectivity index (χ2v) is 6.39. The predicted molar refractivity (Wildman–Crippen MR) is 86.9 cm³/mol. The summed E-state index contributed by atoms with van der Waals surface area (Å²) in [5, 5.41) is 3.58. The molecule has 0 bridgehead atoms. The van der Waals surface area contributed by atoms with Gasteiger partial charge in [0.05, 0.1) is 7.11 Å². The van der Waals surface area contributed by atoms with Crippen LogP contribution < -0.4 is 10.1 Å². The van der Waals surface area contributed by atoms with E-state index in [4.69, 9.17) is 4.74 Å². The van der Waals surface area contributed by atoms with Crippen molar-refractivity contribution < 1.29 is 4.74 Å². The minimum Gasteiger partial charge on any atom is -0.497 e. The van der Waals surface area contributed by atoms with Gasteiger partial charge in [-0.2, -0.15) is 0 Å². The zero-order chi connectivity index (χ0) is 14.7. The number of hydrogen-bond donors (Lipinski definition) is 1. The van der Waals surface area contributed by atoms with Gasteiger partial charge in [-0.1, -0.05) is 18.9 Å². The van der Waals surface area contributed by atoms with E-state index in [2.05, 4.69) is 35.5 Å². The molecule has 2 atom stereocenters. The summed E-state index contributed by atoms with van der Waals surface area (Å²) in [4.78, 5) is 2.74. The Balaban J connectivity index is 1.83. The van der Waals surface area contributed by atoms with E-state index in [0.29, 0.717) is 12.1 Å². The van der Waals surface area contributed by atoms with Gasteiger partial charge in [-0.25, -0.2) is 0 Å². The Kier molecular flexibility index (Phi) is 4.81. The lowest BCUT2D eigenvalue weighted by molar-refractivity contribution is 0.148. The summed E-state index contributed by atoms with van der Waals surface area (Å²) in [6.07, 6.45) is 7.96. The smallest absolute Gasteiger partial charge is 0.119 e. The lowest BCUT2D eigenvalue weighted by Gasteiger charge is -2.40. The summed E-state index contributed by atoms with van der Waals surface area (Å²) >= 11 is 0. The van der Waals surface area contributed by atoms with Gasteiger partial charge in [-0.15, -0.1) is 0 Å². The van der Waals surface area contributed by atoms with E-state index in [9.17, 15) is 0 Å². The van der Waals surface area contributed by atoms with Gasteiger partial charge in [0, 0.05) is 12.1 Å². The number of likely N-dealkylation sites (tertiary alicyclic amines) is 1. The van der Waals surface area contributed by atoms with Crippen molar-refractivity contribution in [1.29, 1.82) is 0 Å². The highest BCUT2D eigenvalue weighted by molar-refractivity contribution is 5.40. The molecule has 1 aromatic rings. The minimum atomic E-state index is 0.456. The quantitative estimate of drug-likeness (QED) is 0.924. The van der Waals surface area contributed by atoms with Crippen LogP contribution in [0.2, 0.25) is 0 Å². The molecule has 1 aliphatic heterocycles. The Morgan fingerprint density at radius 1 is 1.14 bits per heavy atom. The van der Waals surface area contributed by atoms with Crippen LogP contribution in [0.1, 0.15) is 49.3 Å². The van der Waals surface area contributed by atoms with Crippen molar-refractivity contribution in [3.8, 4) is 5.75 Å². The SMILES string of the molecule is CNC1c2ccc(OC)cc2CCC1N1CCCCCC1. The van der Waals surface area contributed by atoms with Crippen molar-refractivity contribution in [2.45, 2.75) is 50.6 Å². The lowest BCUT2D eigenvalue weighted by Crippen LogP contribution is -2.46. The monoisotopic (exact) mass is 288 g/mol. The molecule has 1 heterocycles. The molecule has 2 unspecified atom stereocenters. The van der Waals surface area contributed by atoms with Gasteiger partial charge in [0.15, 0.2) is 0 Å². The van der Waals surface area contributed by atoms with Gasteiger partial charge in [0.1, 0.15) is 5.75 Å². The van der Waals surface area contributed by atoms with E-state index in [0.717, 1.165) is 5.75 Å². The standard InChI is InChI=1S/C18H28N2O/c1-19-18-16-9-8-15(21-2)13-14(16)7-10-17(18)20-11-5-3-4-6-12-20/h8-9,13,17-19H,3-7,10-12H2,1-2H3. The van der Waals surface area contributed by atoms with Gasteiger partial charge in [0.25, 0.3) is 0 Å². The summed E-state index contributed by atoms with van der Waals surface area (Å²) in [6, 6.07) is 7.69. The van der Waals surface area contributed by atoms with Gasteiger partial charge < -0.3 is 10.1 Å². The zero-order valence-corrected chi connectivity index (χ0v) is 13.4. The maximum atomic E-state index is 5.38. The number of aryl methyl sites for hydroxylation is 1. The van der Waals surface area contributed by atoms with E-state index in [1.807, 2.05) is 0 Å². The van der Waals surface area contributed by atoms with Crippen LogP contribution in [0, 0.1) is 0 Å². The first-order valence-corrected chi connectivity index (χ1v) is 8.41. The molecule has 21 heavy (non-hydrogen) atoms. The number of nitrogens with one attached hydrogen (secondary N) is 1. The fourth-order valence-electron chi connectivity index (χ4n) is 4.07. The molecule has 1 fully saturated rings. The maximum absolute atomic E-state index is 5.38. The molecule has 0 amide bonds. The van der Waals surface area contributed by atoms with Gasteiger partial charge in [-0.3, -0.25) is 4.90 Å². The Morgan fingerprint density at radius 2 is 1.90 bits per heavy atom. The van der Waals surface area contributed by atoms with Crippen molar-refractivity contribution >= 4 is 0 Å². The molecule has 1 aromatic carbocycles. The molecule has 2 aliphatic rings. The van der Waals surface area contributed by atoms with Gasteiger partial charge in [-0.05, 0) is 69.1 Å². The number of hydrogen-bond acceptors (Lipinski definition) is 3. The lowest BCUT2D eigenvalue weighted by atomic mass is 9.83. The van der Waals surface area contributed by atoms with Crippen LogP contribution in [-0.4, -0.2) is 38.2 Å². The van der Waals surface area contributed by atoms with E-state index >= 15 is 0 Å². The Bertz CT molecular complexity index is 466. The molecule has 116 valence electrons. The van der Waals surface area contributed by atoms with E-state index in [1.54, 1.807) is 7.11 Å². The van der Waals surface area contributed by atoms with Crippen LogP contribution in [0.4, 0.5) is 0 Å². The number of fused-ring (bicyclic) bond motifs is 1. The van der Waals surface area contributed by atoms with Crippen molar-refractivity contribution in [2.24, 2.45) is 0 Å². The Hall–Kier alpha value is -1.06. The number of benzene rings is 1. The molecule has 3 rings (SSSR count). The molecule has 3 heteroatoms. The van der Waals surface area contributed by atoms with Crippen molar-refractivity contribution in [3.05, 3.63) is 29.3 Å². The molecule has 0 aromatic heterocycles. The Morgan fingerprint density at radius 3 is 2.57 bits per heavy atom. The summed E-state index contributed by atoms with van der Waals surface area (Å²) < 4.78 is 5.38. The molecule has 1 N–H and O–H groups in total. The molecule has 0 radical (unpaired) electrons. The minimum absolute atomic E-state index is 0.456. The number of ether oxygens (including phenoxy) is 1. The van der Waals surface area contributed by atoms with Crippen LogP contribution >= 0.6 is 0 Å². The average Bonchev–Trinajstić information content (AvgIpc) is 2.82. The molecule has 3 nitrogen and oxygen atoms in total. The zero-order valence-electron chi connectivity index (χ0n) is 13.4. The van der Waals surface area contributed by atoms with Crippen molar-refractivity contribution in [1.82, 2.24) is 10.2 Å². The summed E-state index contributed by atoms with van der Waals surface area (Å²) in [5.41, 5.74) is 2.93. The number of likely N-dealkylation sites (N-methyl/N-ethyl adjacent to an activating group) is 1. The van der Waals surface area contributed by atoms with E-state index < -0.39 is 0 Å². The highest BCUT2D eigenvalue weighted by Gasteiger charge is 2.32. The van der Waals surface area contributed by atoms with Crippen LogP contribution in [0.15, 0.2) is 18.2 Å². The molecule has 1 saturated heterocycles. The van der Waals surface area contributed by atoms with Gasteiger partial charge in [0.2, 0.25) is 0 Å². The summed E-state index contributed by atoms with van der Waals surface area (Å²) in [5.74, 6) is 0.983. The second-order valence-electron chi connectivity index (χ2n) is 6.39. The Labute approximate surface area is 128 Å². The fraction of sp³-hybridized carbons (Fsp3) is 0.667. The van der Waals surface area contributed by atoms with Crippen LogP contribution in [-0.2, 0) is 6.42 Å². The first-order chi connectivity index (χ1) is 10.3. The van der Waals surface area contributed by atoms with Crippen molar-refractivity contribution in [2.75, 3.05) is 27.2 Å². The largest absolute Gasteiger partial charge is 0.497 e. The molecule has 0 spiro atoms. The van der Waals surface area contributed by atoms with Crippen LogP contribution in [0.3, 0.4) is 0 Å². The summed E-state index contributed by atoms with van der Waals surface area (Å²) in [7, 11) is 3.86. The number of nitrogens with zero attached hydrogens (tertiary/aromatic N) is 1. The molecular formula is C18H28N2O. The van der Waals surface area contributed by atoms with Crippen molar-refractivity contribution in [3.63, 3.8) is 0 Å². The first-order valence-electron chi connectivity index (χ1n) is 8.41. The maximum Gasteiger partial charge on any atom is 0.119 e. The summed E-state index contributed by atoms with van der Waals surface area (Å²) in [6.45, 7) is 2.54. The third-order valence-electron chi connectivity index (χ3n) is 5.20. The normalized spacial score (nSPS) is 27.0. The average molecular weight is 288 g/mol. The topological polar surface area (TPSA) is 24.5 Å². The van der Waals surface area contributed by atoms with Gasteiger partial charge >= 0.3 is 0 Å².